The zero-order valence-corrected chi connectivity index (χ0v) is 13.5. The number of para-hydroxylation sites is 1. The van der Waals surface area contributed by atoms with E-state index in [0.29, 0.717) is 12.5 Å². The van der Waals surface area contributed by atoms with Crippen LogP contribution < -0.4 is 4.90 Å². The first kappa shape index (κ1) is 14.8. The molecule has 0 saturated heterocycles. The van der Waals surface area contributed by atoms with Gasteiger partial charge in [0.1, 0.15) is 6.10 Å². The molecule has 1 aromatic heterocycles. The van der Waals surface area contributed by atoms with Gasteiger partial charge in [0.2, 0.25) is 5.95 Å². The van der Waals surface area contributed by atoms with Crippen LogP contribution in [-0.4, -0.2) is 40.4 Å². The van der Waals surface area contributed by atoms with E-state index in [1.807, 2.05) is 42.3 Å². The molecule has 4 rings (SSSR count). The molecule has 3 aromatic rings. The van der Waals surface area contributed by atoms with E-state index in [9.17, 15) is 0 Å². The monoisotopic (exact) mass is 321 g/mol. The van der Waals surface area contributed by atoms with Crippen LogP contribution in [0.3, 0.4) is 0 Å². The van der Waals surface area contributed by atoms with Gasteiger partial charge in [-0.1, -0.05) is 47.6 Å². The standard InChI is InChI=1S/C18H19N5O/c1-22(13-17-16-10-6-5-7-14(16)11-12-24-17)18-19-20-21-23(18)15-8-3-2-4-9-15/h2-10,17H,11-13H2,1H3. The Labute approximate surface area is 140 Å². The minimum atomic E-state index is 0.0286. The number of rotatable bonds is 4. The topological polar surface area (TPSA) is 56.1 Å². The summed E-state index contributed by atoms with van der Waals surface area (Å²) < 4.78 is 7.74. The van der Waals surface area contributed by atoms with Crippen LogP contribution in [-0.2, 0) is 11.2 Å². The first-order chi connectivity index (χ1) is 11.8. The van der Waals surface area contributed by atoms with Gasteiger partial charge in [0.15, 0.2) is 0 Å². The molecule has 1 atom stereocenters. The van der Waals surface area contributed by atoms with Crippen LogP contribution in [0.2, 0.25) is 0 Å². The number of likely N-dealkylation sites (N-methyl/N-ethyl adjacent to an activating group) is 1. The van der Waals surface area contributed by atoms with Crippen molar-refractivity contribution in [1.82, 2.24) is 20.2 Å². The van der Waals surface area contributed by atoms with Crippen molar-refractivity contribution in [3.8, 4) is 5.69 Å². The molecule has 0 N–H and O–H groups in total. The quantitative estimate of drug-likeness (QED) is 0.738. The second-order valence-electron chi connectivity index (χ2n) is 5.92. The smallest absolute Gasteiger partial charge is 0.250 e. The van der Waals surface area contributed by atoms with Crippen LogP contribution >= 0.6 is 0 Å². The number of tetrazole rings is 1. The Balaban J connectivity index is 1.58. The van der Waals surface area contributed by atoms with Crippen LogP contribution in [0.1, 0.15) is 17.2 Å². The van der Waals surface area contributed by atoms with Crippen molar-refractivity contribution in [2.24, 2.45) is 0 Å². The number of benzene rings is 2. The van der Waals surface area contributed by atoms with Gasteiger partial charge in [-0.05, 0) is 40.1 Å². The predicted octanol–water partition coefficient (Wildman–Crippen LogP) is 2.41. The largest absolute Gasteiger partial charge is 0.371 e. The number of anilines is 1. The Morgan fingerprint density at radius 2 is 1.92 bits per heavy atom. The summed E-state index contributed by atoms with van der Waals surface area (Å²) in [6, 6.07) is 18.4. The molecule has 0 spiro atoms. The Morgan fingerprint density at radius 1 is 1.12 bits per heavy atom. The van der Waals surface area contributed by atoms with Gasteiger partial charge in [-0.25, -0.2) is 0 Å². The number of fused-ring (bicyclic) bond motifs is 1. The van der Waals surface area contributed by atoms with Crippen molar-refractivity contribution in [3.05, 3.63) is 65.7 Å². The summed E-state index contributed by atoms with van der Waals surface area (Å²) >= 11 is 0. The van der Waals surface area contributed by atoms with E-state index in [2.05, 4.69) is 39.8 Å². The molecule has 0 saturated carbocycles. The van der Waals surface area contributed by atoms with Gasteiger partial charge in [0, 0.05) is 7.05 Å². The number of hydrogen-bond acceptors (Lipinski definition) is 5. The van der Waals surface area contributed by atoms with Crippen LogP contribution in [0.25, 0.3) is 5.69 Å². The van der Waals surface area contributed by atoms with Gasteiger partial charge in [-0.3, -0.25) is 0 Å². The summed E-state index contributed by atoms with van der Waals surface area (Å²) in [7, 11) is 1.99. The first-order valence-electron chi connectivity index (χ1n) is 8.07. The highest BCUT2D eigenvalue weighted by Crippen LogP contribution is 2.28. The zero-order valence-electron chi connectivity index (χ0n) is 13.5. The van der Waals surface area contributed by atoms with Gasteiger partial charge in [-0.2, -0.15) is 4.68 Å². The molecule has 6 nitrogen and oxygen atoms in total. The minimum Gasteiger partial charge on any atom is -0.371 e. The molecular weight excluding hydrogens is 302 g/mol. The number of ether oxygens (including phenoxy) is 1. The SMILES string of the molecule is CN(CC1OCCc2ccccc21)c1nnnn1-c1ccccc1. The van der Waals surface area contributed by atoms with E-state index in [4.69, 9.17) is 4.74 Å². The van der Waals surface area contributed by atoms with Gasteiger partial charge in [0.05, 0.1) is 18.8 Å². The average molecular weight is 321 g/mol. The fourth-order valence-corrected chi connectivity index (χ4v) is 3.12. The normalized spacial score (nSPS) is 16.6. The highest BCUT2D eigenvalue weighted by Gasteiger charge is 2.24. The fraction of sp³-hybridized carbons (Fsp3) is 0.278. The molecule has 1 aliphatic rings. The van der Waals surface area contributed by atoms with E-state index >= 15 is 0 Å². The Bertz CT molecular complexity index is 817. The van der Waals surface area contributed by atoms with Crippen molar-refractivity contribution in [1.29, 1.82) is 0 Å². The summed E-state index contributed by atoms with van der Waals surface area (Å²) in [6.45, 7) is 1.45. The number of nitrogens with zero attached hydrogens (tertiary/aromatic N) is 5. The molecule has 24 heavy (non-hydrogen) atoms. The van der Waals surface area contributed by atoms with E-state index in [0.717, 1.165) is 18.7 Å². The number of aromatic nitrogens is 4. The number of hydrogen-bond donors (Lipinski definition) is 0. The van der Waals surface area contributed by atoms with Gasteiger partial charge >= 0.3 is 0 Å². The van der Waals surface area contributed by atoms with Crippen LogP contribution in [0.4, 0.5) is 5.95 Å². The molecule has 0 aliphatic carbocycles. The molecule has 2 aromatic carbocycles. The Kier molecular flexibility index (Phi) is 3.96. The second kappa shape index (κ2) is 6.41. The molecule has 1 unspecified atom stereocenters. The molecule has 122 valence electrons. The van der Waals surface area contributed by atoms with Crippen LogP contribution in [0.15, 0.2) is 54.6 Å². The second-order valence-corrected chi connectivity index (χ2v) is 5.92. The van der Waals surface area contributed by atoms with Crippen LogP contribution in [0.5, 0.6) is 0 Å². The van der Waals surface area contributed by atoms with E-state index < -0.39 is 0 Å². The minimum absolute atomic E-state index is 0.0286. The lowest BCUT2D eigenvalue weighted by molar-refractivity contribution is 0.0476. The lowest BCUT2D eigenvalue weighted by Gasteiger charge is -2.29. The van der Waals surface area contributed by atoms with Crippen LogP contribution in [0, 0.1) is 0 Å². The maximum Gasteiger partial charge on any atom is 0.250 e. The van der Waals surface area contributed by atoms with Gasteiger partial charge in [-0.15, -0.1) is 0 Å². The summed E-state index contributed by atoms with van der Waals surface area (Å²) in [4.78, 5) is 2.04. The molecule has 6 heteroatoms. The van der Waals surface area contributed by atoms with Crippen molar-refractivity contribution >= 4 is 5.95 Å². The van der Waals surface area contributed by atoms with E-state index in [1.54, 1.807) is 4.68 Å². The van der Waals surface area contributed by atoms with Crippen molar-refractivity contribution < 1.29 is 4.74 Å². The summed E-state index contributed by atoms with van der Waals surface area (Å²) in [6.07, 6.45) is 0.999. The molecule has 0 radical (unpaired) electrons. The third-order valence-corrected chi connectivity index (χ3v) is 4.33. The van der Waals surface area contributed by atoms with Crippen molar-refractivity contribution in [3.63, 3.8) is 0 Å². The van der Waals surface area contributed by atoms with Crippen molar-refractivity contribution in [2.45, 2.75) is 12.5 Å². The molecular formula is C18H19N5O. The lowest BCUT2D eigenvalue weighted by atomic mass is 9.97. The maximum atomic E-state index is 6.00. The first-order valence-corrected chi connectivity index (χ1v) is 8.07. The molecule has 2 heterocycles. The third-order valence-electron chi connectivity index (χ3n) is 4.33. The zero-order chi connectivity index (χ0) is 16.4. The Hall–Kier alpha value is -2.73. The molecule has 0 bridgehead atoms. The summed E-state index contributed by atoms with van der Waals surface area (Å²) in [5, 5.41) is 12.1. The Morgan fingerprint density at radius 3 is 2.79 bits per heavy atom. The lowest BCUT2D eigenvalue weighted by Crippen LogP contribution is -2.31. The fourth-order valence-electron chi connectivity index (χ4n) is 3.12. The highest BCUT2D eigenvalue weighted by molar-refractivity contribution is 5.41. The van der Waals surface area contributed by atoms with E-state index in [-0.39, 0.29) is 6.10 Å². The molecule has 0 amide bonds. The van der Waals surface area contributed by atoms with E-state index in [1.165, 1.54) is 11.1 Å². The van der Waals surface area contributed by atoms with Crippen molar-refractivity contribution in [2.75, 3.05) is 25.1 Å². The third kappa shape index (κ3) is 2.76. The maximum absolute atomic E-state index is 6.00. The van der Waals surface area contributed by atoms with Gasteiger partial charge < -0.3 is 9.64 Å². The summed E-state index contributed by atoms with van der Waals surface area (Å²) in [5.74, 6) is 0.702. The molecule has 0 fully saturated rings. The average Bonchev–Trinajstić information content (AvgIpc) is 3.13. The predicted molar refractivity (Wildman–Crippen MR) is 91.3 cm³/mol. The highest BCUT2D eigenvalue weighted by atomic mass is 16.5. The van der Waals surface area contributed by atoms with Gasteiger partial charge in [0.25, 0.3) is 0 Å². The summed E-state index contributed by atoms with van der Waals surface area (Å²) in [5.41, 5.74) is 3.56. The molecule has 1 aliphatic heterocycles.